The number of aryl methyl sites for hydroxylation is 1. The molecule has 1 aromatic carbocycles. The summed E-state index contributed by atoms with van der Waals surface area (Å²) in [7, 11) is 1.71. The van der Waals surface area contributed by atoms with Crippen molar-refractivity contribution in [2.24, 2.45) is 7.05 Å². The molecule has 0 unspecified atom stereocenters. The molecule has 0 aliphatic carbocycles. The number of carbonyl (C=O) groups is 1. The first-order valence-electron chi connectivity index (χ1n) is 5.85. The highest BCUT2D eigenvalue weighted by molar-refractivity contribution is 5.95. The fourth-order valence-electron chi connectivity index (χ4n) is 1.65. The molecule has 106 valence electrons. The quantitative estimate of drug-likeness (QED) is 0.806. The molecule has 2 rings (SSSR count). The number of hydrogen-bond acceptors (Lipinski definition) is 4. The highest BCUT2D eigenvalue weighted by Crippen LogP contribution is 2.18. The van der Waals surface area contributed by atoms with Crippen molar-refractivity contribution in [1.29, 1.82) is 0 Å². The number of rotatable bonds is 4. The maximum Gasteiger partial charge on any atom is 0.257 e. The van der Waals surface area contributed by atoms with E-state index in [-0.39, 0.29) is 12.2 Å². The molecule has 8 heteroatoms. The van der Waals surface area contributed by atoms with Gasteiger partial charge in [-0.1, -0.05) is 0 Å². The van der Waals surface area contributed by atoms with Crippen LogP contribution in [0.1, 0.15) is 16.2 Å². The van der Waals surface area contributed by atoms with E-state index in [1.54, 1.807) is 7.05 Å². The van der Waals surface area contributed by atoms with Crippen LogP contribution in [0.2, 0.25) is 0 Å². The smallest absolute Gasteiger partial charge is 0.257 e. The molecule has 0 saturated carbocycles. The third-order valence-corrected chi connectivity index (χ3v) is 2.63. The van der Waals surface area contributed by atoms with E-state index in [1.807, 2.05) is 0 Å². The summed E-state index contributed by atoms with van der Waals surface area (Å²) in [5.41, 5.74) is 4.35. The standard InChI is InChI=1S/C12H13F2N5O/c1-19-6-17-9(18-19)4-5-16-12(20)10-7(13)2-3-8(15)11(10)14/h2-3,6H,4-5,15H2,1H3,(H,16,20). The van der Waals surface area contributed by atoms with Crippen molar-refractivity contribution < 1.29 is 13.6 Å². The van der Waals surface area contributed by atoms with Crippen LogP contribution in [0.5, 0.6) is 0 Å². The van der Waals surface area contributed by atoms with Crippen molar-refractivity contribution in [1.82, 2.24) is 20.1 Å². The van der Waals surface area contributed by atoms with E-state index in [1.165, 1.54) is 11.0 Å². The van der Waals surface area contributed by atoms with Crippen molar-refractivity contribution in [2.45, 2.75) is 6.42 Å². The number of halogens is 2. The van der Waals surface area contributed by atoms with Gasteiger partial charge in [-0.05, 0) is 12.1 Å². The Balaban J connectivity index is 2.00. The van der Waals surface area contributed by atoms with Crippen LogP contribution >= 0.6 is 0 Å². The van der Waals surface area contributed by atoms with Crippen LogP contribution in [0.3, 0.4) is 0 Å². The van der Waals surface area contributed by atoms with Gasteiger partial charge in [0.05, 0.1) is 5.69 Å². The van der Waals surface area contributed by atoms with Crippen LogP contribution in [-0.2, 0) is 13.5 Å². The third kappa shape index (κ3) is 2.90. The summed E-state index contributed by atoms with van der Waals surface area (Å²) in [6, 6.07) is 2.02. The van der Waals surface area contributed by atoms with Crippen molar-refractivity contribution >= 4 is 11.6 Å². The van der Waals surface area contributed by atoms with Crippen LogP contribution < -0.4 is 11.1 Å². The first-order chi connectivity index (χ1) is 9.49. The summed E-state index contributed by atoms with van der Waals surface area (Å²) in [6.45, 7) is 0.163. The number of nitrogens with zero attached hydrogens (tertiary/aromatic N) is 3. The van der Waals surface area contributed by atoms with Gasteiger partial charge in [0.2, 0.25) is 0 Å². The zero-order chi connectivity index (χ0) is 14.7. The van der Waals surface area contributed by atoms with Gasteiger partial charge in [-0.2, -0.15) is 5.10 Å². The Bertz CT molecular complexity index is 641. The maximum absolute atomic E-state index is 13.6. The van der Waals surface area contributed by atoms with Gasteiger partial charge in [0, 0.05) is 20.0 Å². The molecule has 0 radical (unpaired) electrons. The Hall–Kier alpha value is -2.51. The minimum atomic E-state index is -1.06. The molecule has 0 bridgehead atoms. The topological polar surface area (TPSA) is 85.8 Å². The summed E-state index contributed by atoms with van der Waals surface area (Å²) in [4.78, 5) is 15.7. The minimum absolute atomic E-state index is 0.163. The van der Waals surface area contributed by atoms with Gasteiger partial charge in [0.15, 0.2) is 11.6 Å². The van der Waals surface area contributed by atoms with E-state index in [0.717, 1.165) is 12.1 Å². The second kappa shape index (κ2) is 5.64. The summed E-state index contributed by atoms with van der Waals surface area (Å²) in [5, 5.41) is 6.42. The molecule has 0 aliphatic rings. The van der Waals surface area contributed by atoms with Crippen LogP contribution in [0.4, 0.5) is 14.5 Å². The highest BCUT2D eigenvalue weighted by atomic mass is 19.1. The monoisotopic (exact) mass is 281 g/mol. The van der Waals surface area contributed by atoms with Gasteiger partial charge in [-0.3, -0.25) is 9.48 Å². The summed E-state index contributed by atoms with van der Waals surface area (Å²) >= 11 is 0. The Labute approximate surface area is 113 Å². The molecule has 1 aromatic heterocycles. The minimum Gasteiger partial charge on any atom is -0.396 e. The number of carbonyl (C=O) groups excluding carboxylic acids is 1. The van der Waals surface area contributed by atoms with E-state index in [0.29, 0.717) is 12.2 Å². The molecule has 1 heterocycles. The summed E-state index contributed by atoms with van der Waals surface area (Å²) < 4.78 is 28.6. The Morgan fingerprint density at radius 3 is 2.85 bits per heavy atom. The second-order valence-electron chi connectivity index (χ2n) is 4.17. The number of nitrogens with one attached hydrogen (secondary N) is 1. The van der Waals surface area contributed by atoms with Gasteiger partial charge < -0.3 is 11.1 Å². The van der Waals surface area contributed by atoms with Gasteiger partial charge in [0.25, 0.3) is 5.91 Å². The molecule has 1 amide bonds. The number of benzene rings is 1. The van der Waals surface area contributed by atoms with Crippen molar-refractivity contribution in [2.75, 3.05) is 12.3 Å². The van der Waals surface area contributed by atoms with Crippen LogP contribution in [0.25, 0.3) is 0 Å². The molecule has 0 saturated heterocycles. The van der Waals surface area contributed by atoms with Crippen molar-refractivity contribution in [3.63, 3.8) is 0 Å². The largest absolute Gasteiger partial charge is 0.396 e. The van der Waals surface area contributed by atoms with Gasteiger partial charge in [-0.15, -0.1) is 0 Å². The van der Waals surface area contributed by atoms with Crippen molar-refractivity contribution in [3.05, 3.63) is 41.5 Å². The SMILES string of the molecule is Cn1cnc(CCNC(=O)c2c(F)ccc(N)c2F)n1. The fraction of sp³-hybridized carbons (Fsp3) is 0.250. The molecular weight excluding hydrogens is 268 g/mol. The lowest BCUT2D eigenvalue weighted by Gasteiger charge is -2.07. The average Bonchev–Trinajstić information content (AvgIpc) is 2.80. The first-order valence-corrected chi connectivity index (χ1v) is 5.85. The Morgan fingerprint density at radius 2 is 2.20 bits per heavy atom. The molecule has 6 nitrogen and oxygen atoms in total. The lowest BCUT2D eigenvalue weighted by atomic mass is 10.1. The molecule has 0 spiro atoms. The molecule has 2 aromatic rings. The summed E-state index contributed by atoms with van der Waals surface area (Å²) in [6.07, 6.45) is 1.88. The average molecular weight is 281 g/mol. The van der Waals surface area contributed by atoms with Crippen LogP contribution in [-0.4, -0.2) is 27.2 Å². The predicted octanol–water partition coefficient (Wildman–Crippen LogP) is 0.648. The third-order valence-electron chi connectivity index (χ3n) is 2.63. The molecular formula is C12H13F2N5O. The molecule has 3 N–H and O–H groups in total. The van der Waals surface area contributed by atoms with Gasteiger partial charge >= 0.3 is 0 Å². The zero-order valence-electron chi connectivity index (χ0n) is 10.7. The van der Waals surface area contributed by atoms with E-state index >= 15 is 0 Å². The van der Waals surface area contributed by atoms with E-state index in [9.17, 15) is 13.6 Å². The van der Waals surface area contributed by atoms with E-state index < -0.39 is 23.1 Å². The van der Waals surface area contributed by atoms with E-state index in [4.69, 9.17) is 5.73 Å². The zero-order valence-corrected chi connectivity index (χ0v) is 10.7. The first kappa shape index (κ1) is 13.9. The predicted molar refractivity (Wildman–Crippen MR) is 67.8 cm³/mol. The maximum atomic E-state index is 13.6. The van der Waals surface area contributed by atoms with Crippen LogP contribution in [0, 0.1) is 11.6 Å². The molecule has 20 heavy (non-hydrogen) atoms. The lowest BCUT2D eigenvalue weighted by Crippen LogP contribution is -2.28. The number of anilines is 1. The van der Waals surface area contributed by atoms with Gasteiger partial charge in [0.1, 0.15) is 17.7 Å². The number of aromatic nitrogens is 3. The van der Waals surface area contributed by atoms with Gasteiger partial charge in [-0.25, -0.2) is 13.8 Å². The van der Waals surface area contributed by atoms with E-state index in [2.05, 4.69) is 15.4 Å². The Kier molecular flexibility index (Phi) is 3.92. The number of nitrogens with two attached hydrogens (primary N) is 1. The van der Waals surface area contributed by atoms with Crippen LogP contribution in [0.15, 0.2) is 18.5 Å². The number of hydrogen-bond donors (Lipinski definition) is 2. The lowest BCUT2D eigenvalue weighted by molar-refractivity contribution is 0.0945. The number of nitrogen functional groups attached to an aromatic ring is 1. The Morgan fingerprint density at radius 1 is 1.45 bits per heavy atom. The highest BCUT2D eigenvalue weighted by Gasteiger charge is 2.19. The normalized spacial score (nSPS) is 10.6. The molecule has 0 fully saturated rings. The summed E-state index contributed by atoms with van der Waals surface area (Å²) in [5.74, 6) is -2.34. The molecule has 0 atom stereocenters. The number of amides is 1. The fourth-order valence-corrected chi connectivity index (χ4v) is 1.65. The second-order valence-corrected chi connectivity index (χ2v) is 4.17. The van der Waals surface area contributed by atoms with Crippen molar-refractivity contribution in [3.8, 4) is 0 Å². The molecule has 0 aliphatic heterocycles.